The van der Waals surface area contributed by atoms with Crippen LogP contribution < -0.4 is 11.3 Å². The molecule has 0 saturated heterocycles. The molecule has 5 nitrogen and oxygen atoms in total. The number of nitrogen functional groups attached to an aromatic ring is 1. The summed E-state index contributed by atoms with van der Waals surface area (Å²) in [6, 6.07) is 7.20. The number of benzene rings is 1. The third kappa shape index (κ3) is 1.15. The molecular weight excluding hydrogens is 168 g/mol. The standard InChI is InChI=1S/C8H8N4O/c9-10-7-5-3-1-2-4-6(5)8(13)12-11-7/h1-4H,9H2,(H,10,11)(H,12,13). The Balaban J connectivity index is 2.84. The lowest BCUT2D eigenvalue weighted by Crippen LogP contribution is -2.09. The second kappa shape index (κ2) is 2.87. The number of anilines is 1. The fraction of sp³-hybridized carbons (Fsp3) is 0. The molecule has 0 aliphatic carbocycles. The first kappa shape index (κ1) is 7.75. The molecule has 0 fully saturated rings. The van der Waals surface area contributed by atoms with E-state index in [-0.39, 0.29) is 5.88 Å². The van der Waals surface area contributed by atoms with Crippen LogP contribution in [-0.2, 0) is 0 Å². The molecule has 2 aromatic rings. The summed E-state index contributed by atoms with van der Waals surface area (Å²) in [5.74, 6) is 5.60. The number of nitrogens with one attached hydrogen (secondary N) is 1. The molecule has 5 heteroatoms. The summed E-state index contributed by atoms with van der Waals surface area (Å²) >= 11 is 0. The van der Waals surface area contributed by atoms with E-state index >= 15 is 0 Å². The Morgan fingerprint density at radius 2 is 1.85 bits per heavy atom. The van der Waals surface area contributed by atoms with Gasteiger partial charge in [-0.25, -0.2) is 5.84 Å². The molecule has 0 amide bonds. The second-order valence-electron chi connectivity index (χ2n) is 2.56. The summed E-state index contributed by atoms with van der Waals surface area (Å²) in [4.78, 5) is 0. The maximum Gasteiger partial charge on any atom is 0.239 e. The topological polar surface area (TPSA) is 84.1 Å². The predicted molar refractivity (Wildman–Crippen MR) is 49.0 cm³/mol. The molecule has 0 aliphatic heterocycles. The Kier molecular flexibility index (Phi) is 1.71. The summed E-state index contributed by atoms with van der Waals surface area (Å²) in [6.45, 7) is 0. The van der Waals surface area contributed by atoms with Gasteiger partial charge >= 0.3 is 0 Å². The summed E-state index contributed by atoms with van der Waals surface area (Å²) in [7, 11) is 0. The number of hydrazine groups is 1. The normalized spacial score (nSPS) is 10.2. The maximum atomic E-state index is 9.35. The summed E-state index contributed by atoms with van der Waals surface area (Å²) < 4.78 is 0. The Morgan fingerprint density at radius 1 is 1.15 bits per heavy atom. The fourth-order valence-corrected chi connectivity index (χ4v) is 1.20. The van der Waals surface area contributed by atoms with E-state index in [0.717, 1.165) is 5.39 Å². The summed E-state index contributed by atoms with van der Waals surface area (Å²) in [5.41, 5.74) is 2.41. The lowest BCUT2D eigenvalue weighted by atomic mass is 10.2. The number of hydrogen-bond acceptors (Lipinski definition) is 5. The van der Waals surface area contributed by atoms with Gasteiger partial charge in [0, 0.05) is 10.8 Å². The SMILES string of the molecule is NNc1nnc(O)c2ccccc12. The Hall–Kier alpha value is -1.88. The average molecular weight is 176 g/mol. The van der Waals surface area contributed by atoms with Gasteiger partial charge in [-0.1, -0.05) is 18.2 Å². The zero-order valence-corrected chi connectivity index (χ0v) is 6.73. The quantitative estimate of drug-likeness (QED) is 0.438. The van der Waals surface area contributed by atoms with E-state index in [0.29, 0.717) is 11.2 Å². The van der Waals surface area contributed by atoms with Crippen molar-refractivity contribution in [3.63, 3.8) is 0 Å². The minimum absolute atomic E-state index is 0.0883. The lowest BCUT2D eigenvalue weighted by molar-refractivity contribution is 0.453. The number of fused-ring (bicyclic) bond motifs is 1. The monoisotopic (exact) mass is 176 g/mol. The van der Waals surface area contributed by atoms with E-state index in [9.17, 15) is 5.11 Å². The van der Waals surface area contributed by atoms with Crippen molar-refractivity contribution >= 4 is 16.6 Å². The van der Waals surface area contributed by atoms with E-state index in [2.05, 4.69) is 15.6 Å². The molecule has 13 heavy (non-hydrogen) atoms. The minimum Gasteiger partial charge on any atom is -0.492 e. The first-order valence-corrected chi connectivity index (χ1v) is 3.74. The van der Waals surface area contributed by atoms with E-state index in [4.69, 9.17) is 5.84 Å². The summed E-state index contributed by atoms with van der Waals surface area (Å²) in [5, 5.41) is 18.0. The lowest BCUT2D eigenvalue weighted by Gasteiger charge is -2.03. The van der Waals surface area contributed by atoms with Gasteiger partial charge < -0.3 is 10.5 Å². The van der Waals surface area contributed by atoms with Gasteiger partial charge in [0.1, 0.15) is 0 Å². The van der Waals surface area contributed by atoms with Crippen LogP contribution in [-0.4, -0.2) is 15.3 Å². The van der Waals surface area contributed by atoms with Crippen LogP contribution in [0.2, 0.25) is 0 Å². The Labute approximate surface area is 74.2 Å². The van der Waals surface area contributed by atoms with Crippen molar-refractivity contribution in [3.8, 4) is 5.88 Å². The van der Waals surface area contributed by atoms with Crippen molar-refractivity contribution in [1.29, 1.82) is 0 Å². The largest absolute Gasteiger partial charge is 0.492 e. The molecule has 0 aliphatic rings. The number of hydrogen-bond donors (Lipinski definition) is 3. The third-order valence-corrected chi connectivity index (χ3v) is 1.80. The number of nitrogens with zero attached hydrogens (tertiary/aromatic N) is 2. The van der Waals surface area contributed by atoms with Gasteiger partial charge in [-0.15, -0.1) is 10.2 Å². The van der Waals surface area contributed by atoms with Crippen LogP contribution in [0.15, 0.2) is 24.3 Å². The summed E-state index contributed by atoms with van der Waals surface area (Å²) in [6.07, 6.45) is 0. The first-order chi connectivity index (χ1) is 6.33. The van der Waals surface area contributed by atoms with Crippen LogP contribution in [0.3, 0.4) is 0 Å². The van der Waals surface area contributed by atoms with Crippen molar-refractivity contribution in [2.45, 2.75) is 0 Å². The molecular formula is C8H8N4O. The molecule has 0 spiro atoms. The number of rotatable bonds is 1. The first-order valence-electron chi connectivity index (χ1n) is 3.74. The molecule has 0 bridgehead atoms. The minimum atomic E-state index is -0.0883. The van der Waals surface area contributed by atoms with Gasteiger partial charge in [-0.2, -0.15) is 0 Å². The third-order valence-electron chi connectivity index (χ3n) is 1.80. The van der Waals surface area contributed by atoms with Crippen LogP contribution in [0.4, 0.5) is 5.82 Å². The number of aromatic nitrogens is 2. The van der Waals surface area contributed by atoms with Crippen molar-refractivity contribution in [2.24, 2.45) is 5.84 Å². The van der Waals surface area contributed by atoms with Gasteiger partial charge in [0.25, 0.3) is 0 Å². The second-order valence-corrected chi connectivity index (χ2v) is 2.56. The highest BCUT2D eigenvalue weighted by atomic mass is 16.3. The highest BCUT2D eigenvalue weighted by Crippen LogP contribution is 2.25. The fourth-order valence-electron chi connectivity index (χ4n) is 1.20. The van der Waals surface area contributed by atoms with Gasteiger partial charge in [0.05, 0.1) is 0 Å². The van der Waals surface area contributed by atoms with Crippen LogP contribution in [0, 0.1) is 0 Å². The highest BCUT2D eigenvalue weighted by Gasteiger charge is 2.05. The number of nitrogens with two attached hydrogens (primary N) is 1. The molecule has 66 valence electrons. The van der Waals surface area contributed by atoms with Gasteiger partial charge in [-0.05, 0) is 6.07 Å². The van der Waals surface area contributed by atoms with Gasteiger partial charge in [0.2, 0.25) is 5.88 Å². The van der Waals surface area contributed by atoms with E-state index < -0.39 is 0 Å². The highest BCUT2D eigenvalue weighted by molar-refractivity contribution is 5.94. The molecule has 1 aromatic carbocycles. The average Bonchev–Trinajstić information content (AvgIpc) is 2.19. The van der Waals surface area contributed by atoms with Crippen LogP contribution in [0.5, 0.6) is 5.88 Å². The molecule has 0 radical (unpaired) electrons. The molecule has 1 heterocycles. The molecule has 0 unspecified atom stereocenters. The van der Waals surface area contributed by atoms with Crippen molar-refractivity contribution < 1.29 is 5.11 Å². The van der Waals surface area contributed by atoms with Gasteiger partial charge in [-0.3, -0.25) is 0 Å². The van der Waals surface area contributed by atoms with E-state index in [1.54, 1.807) is 12.1 Å². The maximum absolute atomic E-state index is 9.35. The van der Waals surface area contributed by atoms with E-state index in [1.165, 1.54) is 0 Å². The van der Waals surface area contributed by atoms with Gasteiger partial charge in [0.15, 0.2) is 5.82 Å². The molecule has 0 saturated carbocycles. The Bertz CT molecular complexity index is 443. The number of aromatic hydroxyl groups is 1. The predicted octanol–water partition coefficient (Wildman–Crippen LogP) is 0.621. The smallest absolute Gasteiger partial charge is 0.239 e. The van der Waals surface area contributed by atoms with Crippen molar-refractivity contribution in [3.05, 3.63) is 24.3 Å². The molecule has 2 rings (SSSR count). The van der Waals surface area contributed by atoms with Crippen LogP contribution >= 0.6 is 0 Å². The zero-order valence-electron chi connectivity index (χ0n) is 6.73. The molecule has 1 aromatic heterocycles. The van der Waals surface area contributed by atoms with Crippen molar-refractivity contribution in [1.82, 2.24) is 10.2 Å². The van der Waals surface area contributed by atoms with Crippen LogP contribution in [0.1, 0.15) is 0 Å². The van der Waals surface area contributed by atoms with E-state index in [1.807, 2.05) is 12.1 Å². The van der Waals surface area contributed by atoms with Crippen LogP contribution in [0.25, 0.3) is 10.8 Å². The van der Waals surface area contributed by atoms with Crippen molar-refractivity contribution in [2.75, 3.05) is 5.43 Å². The Morgan fingerprint density at radius 3 is 2.54 bits per heavy atom. The molecule has 0 atom stereocenters. The molecule has 4 N–H and O–H groups in total. The zero-order chi connectivity index (χ0) is 9.26.